The molecule has 0 aliphatic rings. The molecule has 1 aromatic heterocycles. The van der Waals surface area contributed by atoms with Crippen molar-refractivity contribution in [3.8, 4) is 0 Å². The van der Waals surface area contributed by atoms with Gasteiger partial charge in [0.2, 0.25) is 0 Å². The third kappa shape index (κ3) is 2.26. The first-order chi connectivity index (χ1) is 7.51. The summed E-state index contributed by atoms with van der Waals surface area (Å²) in [7, 11) is -3.00. The van der Waals surface area contributed by atoms with Gasteiger partial charge in [0.1, 0.15) is 0 Å². The molecule has 0 saturated carbocycles. The first-order valence-corrected chi connectivity index (χ1v) is 7.81. The van der Waals surface area contributed by atoms with E-state index in [0.29, 0.717) is 6.54 Å². The van der Waals surface area contributed by atoms with E-state index in [1.54, 1.807) is 11.3 Å². The summed E-state index contributed by atoms with van der Waals surface area (Å²) in [4.78, 5) is 0. The second-order valence-electron chi connectivity index (χ2n) is 3.83. The minimum atomic E-state index is -3.00. The number of hydrogen-bond donors (Lipinski definition) is 1. The molecule has 0 bridgehead atoms. The number of hydrogen-bond acceptors (Lipinski definition) is 4. The lowest BCUT2D eigenvalue weighted by Gasteiger charge is -2.03. The molecule has 1 heterocycles. The first-order valence-electron chi connectivity index (χ1n) is 4.87. The Labute approximate surface area is 98.8 Å². The molecule has 0 aliphatic carbocycles. The maximum Gasteiger partial charge on any atom is 0.151 e. The van der Waals surface area contributed by atoms with Gasteiger partial charge in [-0.05, 0) is 22.6 Å². The fourth-order valence-corrected chi connectivity index (χ4v) is 3.70. The summed E-state index contributed by atoms with van der Waals surface area (Å²) in [5.41, 5.74) is 7.54. The van der Waals surface area contributed by atoms with Gasteiger partial charge in [-0.15, -0.1) is 11.3 Å². The average molecular weight is 255 g/mol. The fraction of sp³-hybridized carbons (Fsp3) is 0.273. The van der Waals surface area contributed by atoms with E-state index in [2.05, 4.69) is 0 Å². The molecule has 0 radical (unpaired) electrons. The SMILES string of the molecule is CS(=O)(=O)Cc1csc2cccc(CN)c12. The van der Waals surface area contributed by atoms with E-state index in [1.165, 1.54) is 6.26 Å². The van der Waals surface area contributed by atoms with Crippen molar-refractivity contribution >= 4 is 31.3 Å². The zero-order valence-electron chi connectivity index (χ0n) is 8.93. The summed E-state index contributed by atoms with van der Waals surface area (Å²) in [6.45, 7) is 0.435. The molecule has 3 nitrogen and oxygen atoms in total. The highest BCUT2D eigenvalue weighted by Gasteiger charge is 2.12. The number of benzene rings is 1. The van der Waals surface area contributed by atoms with Crippen LogP contribution in [0.3, 0.4) is 0 Å². The lowest BCUT2D eigenvalue weighted by Crippen LogP contribution is -2.02. The molecule has 0 aliphatic heterocycles. The van der Waals surface area contributed by atoms with E-state index >= 15 is 0 Å². The van der Waals surface area contributed by atoms with E-state index in [1.807, 2.05) is 23.6 Å². The topological polar surface area (TPSA) is 60.2 Å². The van der Waals surface area contributed by atoms with Crippen LogP contribution in [0.2, 0.25) is 0 Å². The van der Waals surface area contributed by atoms with Gasteiger partial charge in [-0.1, -0.05) is 12.1 Å². The predicted octanol–water partition coefficient (Wildman–Crippen LogP) is 1.90. The van der Waals surface area contributed by atoms with Gasteiger partial charge in [-0.3, -0.25) is 0 Å². The molecule has 0 atom stereocenters. The number of rotatable bonds is 3. The Kier molecular flexibility index (Phi) is 3.01. The van der Waals surface area contributed by atoms with Gasteiger partial charge in [-0.2, -0.15) is 0 Å². The molecule has 0 fully saturated rings. The van der Waals surface area contributed by atoms with E-state index in [-0.39, 0.29) is 5.75 Å². The number of nitrogens with two attached hydrogens (primary N) is 1. The van der Waals surface area contributed by atoms with Gasteiger partial charge in [0.15, 0.2) is 9.84 Å². The largest absolute Gasteiger partial charge is 0.326 e. The van der Waals surface area contributed by atoms with Gasteiger partial charge in [0.25, 0.3) is 0 Å². The molecule has 2 aromatic rings. The Morgan fingerprint density at radius 3 is 2.69 bits per heavy atom. The van der Waals surface area contributed by atoms with Gasteiger partial charge >= 0.3 is 0 Å². The van der Waals surface area contributed by atoms with Crippen molar-refractivity contribution in [2.45, 2.75) is 12.3 Å². The standard InChI is InChI=1S/C11H13NO2S2/c1-16(13,14)7-9-6-15-10-4-2-3-8(5-12)11(9)10/h2-4,6H,5,7,12H2,1H3. The van der Waals surface area contributed by atoms with Gasteiger partial charge < -0.3 is 5.73 Å². The van der Waals surface area contributed by atoms with Crippen LogP contribution in [0.15, 0.2) is 23.6 Å². The van der Waals surface area contributed by atoms with Crippen LogP contribution in [-0.2, 0) is 22.1 Å². The quantitative estimate of drug-likeness (QED) is 0.911. The van der Waals surface area contributed by atoms with E-state index in [0.717, 1.165) is 21.2 Å². The minimum absolute atomic E-state index is 0.0873. The molecule has 0 amide bonds. The second-order valence-corrected chi connectivity index (χ2v) is 6.88. The van der Waals surface area contributed by atoms with Gasteiger partial charge in [0.05, 0.1) is 5.75 Å². The first kappa shape index (κ1) is 11.6. The smallest absolute Gasteiger partial charge is 0.151 e. The summed E-state index contributed by atoms with van der Waals surface area (Å²) in [6.07, 6.45) is 1.25. The Bertz CT molecular complexity index is 614. The number of sulfone groups is 1. The molecule has 0 saturated heterocycles. The molecular weight excluding hydrogens is 242 g/mol. The Balaban J connectivity index is 2.63. The molecule has 0 spiro atoms. The zero-order valence-corrected chi connectivity index (χ0v) is 10.6. The van der Waals surface area contributed by atoms with Crippen molar-refractivity contribution in [2.75, 3.05) is 6.26 Å². The molecule has 2 rings (SSSR count). The van der Waals surface area contributed by atoms with E-state index < -0.39 is 9.84 Å². The van der Waals surface area contributed by atoms with Crippen LogP contribution in [0, 0.1) is 0 Å². The van der Waals surface area contributed by atoms with Crippen LogP contribution in [0.4, 0.5) is 0 Å². The Morgan fingerprint density at radius 2 is 2.06 bits per heavy atom. The maximum absolute atomic E-state index is 11.3. The average Bonchev–Trinajstić information content (AvgIpc) is 2.59. The monoisotopic (exact) mass is 255 g/mol. The van der Waals surface area contributed by atoms with E-state index in [9.17, 15) is 8.42 Å². The normalized spacial score (nSPS) is 12.1. The third-order valence-electron chi connectivity index (χ3n) is 2.40. The van der Waals surface area contributed by atoms with E-state index in [4.69, 9.17) is 5.73 Å². The van der Waals surface area contributed by atoms with Crippen molar-refractivity contribution < 1.29 is 8.42 Å². The van der Waals surface area contributed by atoms with Crippen LogP contribution in [0.1, 0.15) is 11.1 Å². The van der Waals surface area contributed by atoms with Crippen LogP contribution >= 0.6 is 11.3 Å². The van der Waals surface area contributed by atoms with Crippen LogP contribution in [0.5, 0.6) is 0 Å². The lowest BCUT2D eigenvalue weighted by molar-refractivity contribution is 0.601. The highest BCUT2D eigenvalue weighted by atomic mass is 32.2. The summed E-state index contributed by atoms with van der Waals surface area (Å²) >= 11 is 1.56. The predicted molar refractivity (Wildman–Crippen MR) is 68.3 cm³/mol. The Morgan fingerprint density at radius 1 is 1.31 bits per heavy atom. The third-order valence-corrected chi connectivity index (χ3v) is 4.23. The second kappa shape index (κ2) is 4.16. The van der Waals surface area contributed by atoms with Crippen molar-refractivity contribution in [1.82, 2.24) is 0 Å². The van der Waals surface area contributed by atoms with Crippen LogP contribution < -0.4 is 5.73 Å². The highest BCUT2D eigenvalue weighted by molar-refractivity contribution is 7.89. The maximum atomic E-state index is 11.3. The molecule has 1 aromatic carbocycles. The van der Waals surface area contributed by atoms with Crippen LogP contribution in [0.25, 0.3) is 10.1 Å². The molecular formula is C11H13NO2S2. The fourth-order valence-electron chi connectivity index (χ4n) is 1.79. The zero-order chi connectivity index (χ0) is 11.8. The van der Waals surface area contributed by atoms with Gasteiger partial charge in [-0.25, -0.2) is 8.42 Å². The molecule has 0 unspecified atom stereocenters. The Hall–Kier alpha value is -0.910. The number of fused-ring (bicyclic) bond motifs is 1. The summed E-state index contributed by atoms with van der Waals surface area (Å²) in [5.74, 6) is 0.0873. The minimum Gasteiger partial charge on any atom is -0.326 e. The molecule has 16 heavy (non-hydrogen) atoms. The lowest BCUT2D eigenvalue weighted by atomic mass is 10.1. The molecule has 5 heteroatoms. The molecule has 2 N–H and O–H groups in total. The number of thiophene rings is 1. The van der Waals surface area contributed by atoms with Crippen molar-refractivity contribution in [3.63, 3.8) is 0 Å². The van der Waals surface area contributed by atoms with Crippen molar-refractivity contribution in [3.05, 3.63) is 34.7 Å². The summed E-state index contributed by atoms with van der Waals surface area (Å²) in [5, 5.41) is 2.92. The van der Waals surface area contributed by atoms with Crippen LogP contribution in [-0.4, -0.2) is 14.7 Å². The van der Waals surface area contributed by atoms with Crippen molar-refractivity contribution in [1.29, 1.82) is 0 Å². The summed E-state index contributed by atoms with van der Waals surface area (Å²) in [6, 6.07) is 5.89. The van der Waals surface area contributed by atoms with Crippen molar-refractivity contribution in [2.24, 2.45) is 5.73 Å². The highest BCUT2D eigenvalue weighted by Crippen LogP contribution is 2.30. The summed E-state index contributed by atoms with van der Waals surface area (Å²) < 4.78 is 23.7. The van der Waals surface area contributed by atoms with Gasteiger partial charge in [0, 0.05) is 22.9 Å². The molecule has 86 valence electrons.